The first-order valence-corrected chi connectivity index (χ1v) is 7.43. The maximum absolute atomic E-state index is 11.8. The lowest BCUT2D eigenvalue weighted by atomic mass is 9.97. The summed E-state index contributed by atoms with van der Waals surface area (Å²) in [7, 11) is 0. The minimum Gasteiger partial charge on any atom is -0.383 e. The van der Waals surface area contributed by atoms with Gasteiger partial charge in [0.2, 0.25) is 0 Å². The highest BCUT2D eigenvalue weighted by Crippen LogP contribution is 2.21. The molecule has 1 aromatic heterocycles. The van der Waals surface area contributed by atoms with E-state index in [0.717, 1.165) is 25.2 Å². The van der Waals surface area contributed by atoms with Gasteiger partial charge in [-0.1, -0.05) is 46.5 Å². The number of anilines is 1. The third-order valence-corrected chi connectivity index (χ3v) is 3.73. The average Bonchev–Trinajstić information content (AvgIpc) is 2.36. The molecule has 0 fully saturated rings. The predicted molar refractivity (Wildman–Crippen MR) is 80.2 cm³/mol. The number of nitrogen functional groups attached to an aromatic ring is 1. The third kappa shape index (κ3) is 5.05. The topological polar surface area (TPSA) is 60.9 Å². The van der Waals surface area contributed by atoms with Crippen LogP contribution in [-0.4, -0.2) is 9.55 Å². The van der Waals surface area contributed by atoms with Gasteiger partial charge in [0, 0.05) is 12.2 Å². The Hall–Kier alpha value is -1.32. The molecule has 0 radical (unpaired) electrons. The van der Waals surface area contributed by atoms with E-state index in [1.807, 2.05) is 0 Å². The average molecular weight is 265 g/mol. The highest BCUT2D eigenvalue weighted by Gasteiger charge is 2.11. The fourth-order valence-electron chi connectivity index (χ4n) is 2.58. The summed E-state index contributed by atoms with van der Waals surface area (Å²) in [4.78, 5) is 15.6. The molecule has 4 nitrogen and oxygen atoms in total. The SMILES string of the molecule is CCCC(C)CCCC(CC)n1ccc(N)nc1=O. The Labute approximate surface area is 116 Å². The van der Waals surface area contributed by atoms with E-state index in [1.54, 1.807) is 16.8 Å². The molecule has 0 aromatic carbocycles. The van der Waals surface area contributed by atoms with Gasteiger partial charge in [-0.05, 0) is 24.8 Å². The number of aromatic nitrogens is 2. The molecule has 0 saturated heterocycles. The van der Waals surface area contributed by atoms with Crippen molar-refractivity contribution in [2.45, 2.75) is 65.3 Å². The normalized spacial score (nSPS) is 14.3. The lowest BCUT2D eigenvalue weighted by molar-refractivity contribution is 0.384. The van der Waals surface area contributed by atoms with Gasteiger partial charge in [0.05, 0.1) is 0 Å². The highest BCUT2D eigenvalue weighted by molar-refractivity contribution is 5.23. The van der Waals surface area contributed by atoms with Gasteiger partial charge in [0.1, 0.15) is 5.82 Å². The van der Waals surface area contributed by atoms with Crippen molar-refractivity contribution < 1.29 is 0 Å². The summed E-state index contributed by atoms with van der Waals surface area (Å²) in [5.41, 5.74) is 5.29. The maximum Gasteiger partial charge on any atom is 0.349 e. The van der Waals surface area contributed by atoms with Crippen LogP contribution in [0.25, 0.3) is 0 Å². The van der Waals surface area contributed by atoms with E-state index in [-0.39, 0.29) is 11.7 Å². The summed E-state index contributed by atoms with van der Waals surface area (Å²) in [5.74, 6) is 1.08. The molecule has 0 saturated carbocycles. The fourth-order valence-corrected chi connectivity index (χ4v) is 2.58. The minimum atomic E-state index is -0.228. The van der Waals surface area contributed by atoms with E-state index in [1.165, 1.54) is 19.3 Å². The van der Waals surface area contributed by atoms with Crippen molar-refractivity contribution in [2.75, 3.05) is 5.73 Å². The summed E-state index contributed by atoms with van der Waals surface area (Å²) < 4.78 is 1.72. The largest absolute Gasteiger partial charge is 0.383 e. The quantitative estimate of drug-likeness (QED) is 0.783. The van der Waals surface area contributed by atoms with E-state index in [0.29, 0.717) is 5.82 Å². The van der Waals surface area contributed by atoms with Crippen molar-refractivity contribution in [3.05, 3.63) is 22.7 Å². The Balaban J connectivity index is 2.56. The molecular weight excluding hydrogens is 238 g/mol. The molecular formula is C15H27N3O. The second-order valence-corrected chi connectivity index (χ2v) is 5.43. The van der Waals surface area contributed by atoms with Crippen molar-refractivity contribution in [2.24, 2.45) is 5.92 Å². The van der Waals surface area contributed by atoms with Crippen LogP contribution in [0.1, 0.15) is 65.3 Å². The summed E-state index contributed by atoms with van der Waals surface area (Å²) in [6.45, 7) is 6.65. The smallest absolute Gasteiger partial charge is 0.349 e. The molecule has 0 aliphatic carbocycles. The van der Waals surface area contributed by atoms with Crippen molar-refractivity contribution in [3.63, 3.8) is 0 Å². The summed E-state index contributed by atoms with van der Waals surface area (Å²) in [6, 6.07) is 1.94. The van der Waals surface area contributed by atoms with Crippen LogP contribution in [0.2, 0.25) is 0 Å². The van der Waals surface area contributed by atoms with Crippen molar-refractivity contribution >= 4 is 5.82 Å². The molecule has 2 unspecified atom stereocenters. The lowest BCUT2D eigenvalue weighted by Gasteiger charge is -2.18. The summed E-state index contributed by atoms with van der Waals surface area (Å²) in [6.07, 6.45) is 8.70. The Morgan fingerprint density at radius 1 is 1.32 bits per heavy atom. The maximum atomic E-state index is 11.8. The zero-order chi connectivity index (χ0) is 14.3. The summed E-state index contributed by atoms with van der Waals surface area (Å²) in [5, 5.41) is 0. The molecule has 108 valence electrons. The van der Waals surface area contributed by atoms with E-state index in [4.69, 9.17) is 5.73 Å². The van der Waals surface area contributed by atoms with E-state index in [9.17, 15) is 4.79 Å². The first kappa shape index (κ1) is 15.7. The third-order valence-electron chi connectivity index (χ3n) is 3.73. The predicted octanol–water partition coefficient (Wildman–Crippen LogP) is 3.38. The minimum absolute atomic E-state index is 0.228. The van der Waals surface area contributed by atoms with Gasteiger partial charge in [-0.3, -0.25) is 4.57 Å². The van der Waals surface area contributed by atoms with Crippen molar-refractivity contribution in [3.8, 4) is 0 Å². The van der Waals surface area contributed by atoms with Gasteiger partial charge in [-0.2, -0.15) is 4.98 Å². The molecule has 0 amide bonds. The molecule has 2 atom stereocenters. The molecule has 19 heavy (non-hydrogen) atoms. The van der Waals surface area contributed by atoms with Crippen LogP contribution in [0.15, 0.2) is 17.1 Å². The molecule has 0 aliphatic rings. The van der Waals surface area contributed by atoms with Crippen LogP contribution in [0.4, 0.5) is 5.82 Å². The van der Waals surface area contributed by atoms with Gasteiger partial charge in [-0.15, -0.1) is 0 Å². The van der Waals surface area contributed by atoms with Crippen LogP contribution >= 0.6 is 0 Å². The molecule has 0 bridgehead atoms. The zero-order valence-corrected chi connectivity index (χ0v) is 12.4. The second-order valence-electron chi connectivity index (χ2n) is 5.43. The number of nitrogens with two attached hydrogens (primary N) is 1. The van der Waals surface area contributed by atoms with Crippen LogP contribution < -0.4 is 11.4 Å². The first-order chi connectivity index (χ1) is 9.08. The Bertz CT molecular complexity index is 428. The van der Waals surface area contributed by atoms with Gasteiger partial charge < -0.3 is 5.73 Å². The van der Waals surface area contributed by atoms with Gasteiger partial charge in [0.25, 0.3) is 0 Å². The molecule has 0 aliphatic heterocycles. The number of nitrogens with zero attached hydrogens (tertiary/aromatic N) is 2. The molecule has 0 spiro atoms. The Morgan fingerprint density at radius 2 is 2.05 bits per heavy atom. The first-order valence-electron chi connectivity index (χ1n) is 7.43. The Kier molecular flexibility index (Phi) is 6.60. The van der Waals surface area contributed by atoms with Crippen LogP contribution in [0, 0.1) is 5.92 Å². The van der Waals surface area contributed by atoms with E-state index in [2.05, 4.69) is 25.8 Å². The monoisotopic (exact) mass is 265 g/mol. The van der Waals surface area contributed by atoms with Crippen LogP contribution in [0.5, 0.6) is 0 Å². The molecule has 2 N–H and O–H groups in total. The highest BCUT2D eigenvalue weighted by atomic mass is 16.1. The summed E-state index contributed by atoms with van der Waals surface area (Å²) >= 11 is 0. The van der Waals surface area contributed by atoms with Gasteiger partial charge in [0.15, 0.2) is 0 Å². The number of rotatable bonds is 8. The second kappa shape index (κ2) is 7.97. The molecule has 1 heterocycles. The fraction of sp³-hybridized carbons (Fsp3) is 0.733. The molecule has 1 rings (SSSR count). The van der Waals surface area contributed by atoms with Crippen LogP contribution in [0.3, 0.4) is 0 Å². The number of hydrogen-bond acceptors (Lipinski definition) is 3. The van der Waals surface area contributed by atoms with Crippen molar-refractivity contribution in [1.29, 1.82) is 0 Å². The number of hydrogen-bond donors (Lipinski definition) is 1. The Morgan fingerprint density at radius 3 is 2.63 bits per heavy atom. The van der Waals surface area contributed by atoms with E-state index < -0.39 is 0 Å². The van der Waals surface area contributed by atoms with Gasteiger partial charge in [-0.25, -0.2) is 4.79 Å². The molecule has 1 aromatic rings. The van der Waals surface area contributed by atoms with E-state index >= 15 is 0 Å². The van der Waals surface area contributed by atoms with Crippen LogP contribution in [-0.2, 0) is 0 Å². The van der Waals surface area contributed by atoms with Crippen molar-refractivity contribution in [1.82, 2.24) is 9.55 Å². The lowest BCUT2D eigenvalue weighted by Crippen LogP contribution is -2.27. The van der Waals surface area contributed by atoms with Gasteiger partial charge >= 0.3 is 5.69 Å². The zero-order valence-electron chi connectivity index (χ0n) is 12.4. The standard InChI is InChI=1S/C15H27N3O/c1-4-7-12(3)8-6-9-13(5-2)18-11-10-14(16)17-15(18)19/h10-13H,4-9H2,1-3H3,(H2,16,17,19). The molecule has 4 heteroatoms.